The summed E-state index contributed by atoms with van der Waals surface area (Å²) in [6.07, 6.45) is -0.160. The Morgan fingerprint density at radius 1 is 0.892 bits per heavy atom. The van der Waals surface area contributed by atoms with Crippen LogP contribution in [0.4, 0.5) is 10.5 Å². The van der Waals surface area contributed by atoms with Gasteiger partial charge in [-0.2, -0.15) is 10.5 Å². The number of nitriles is 2. The molecule has 3 aromatic carbocycles. The summed E-state index contributed by atoms with van der Waals surface area (Å²) in [5, 5.41) is 20.5. The minimum Gasteiger partial charge on any atom is -0.497 e. The molecule has 0 saturated carbocycles. The van der Waals surface area contributed by atoms with Gasteiger partial charge in [0.05, 0.1) is 25.3 Å². The Balaban J connectivity index is 2.43. The summed E-state index contributed by atoms with van der Waals surface area (Å²) in [5.41, 5.74) is 0.288. The molecule has 0 bridgehead atoms. The van der Waals surface area contributed by atoms with Crippen molar-refractivity contribution in [3.63, 3.8) is 0 Å². The predicted molar refractivity (Wildman–Crippen MR) is 144 cm³/mol. The maximum atomic E-state index is 14.0. The molecule has 0 saturated heterocycles. The molecule has 2 atom stereocenters. The van der Waals surface area contributed by atoms with Gasteiger partial charge in [0.2, 0.25) is 0 Å². The second-order valence-corrected chi connectivity index (χ2v) is 9.81. The van der Waals surface area contributed by atoms with E-state index in [1.807, 2.05) is 88.4 Å². The number of benzene rings is 3. The number of ether oxygens (including phenoxy) is 2. The van der Waals surface area contributed by atoms with Crippen molar-refractivity contribution in [3.8, 4) is 17.9 Å². The summed E-state index contributed by atoms with van der Waals surface area (Å²) >= 11 is 0. The molecule has 0 heterocycles. The van der Waals surface area contributed by atoms with Crippen LogP contribution in [0.1, 0.15) is 51.3 Å². The number of carbonyl (C=O) groups is 1. The molecule has 6 nitrogen and oxygen atoms in total. The minimum absolute atomic E-state index is 0.414. The highest BCUT2D eigenvalue weighted by atomic mass is 16.6. The smallest absolute Gasteiger partial charge is 0.415 e. The molecule has 37 heavy (non-hydrogen) atoms. The van der Waals surface area contributed by atoms with Crippen molar-refractivity contribution in [2.75, 3.05) is 12.0 Å². The Kier molecular flexibility index (Phi) is 8.58. The number of hydrogen-bond donors (Lipinski definition) is 0. The van der Waals surface area contributed by atoms with Crippen molar-refractivity contribution in [2.45, 2.75) is 51.2 Å². The van der Waals surface area contributed by atoms with Gasteiger partial charge < -0.3 is 9.47 Å². The van der Waals surface area contributed by atoms with Crippen LogP contribution in [-0.4, -0.2) is 18.8 Å². The van der Waals surface area contributed by atoms with Crippen LogP contribution in [0.25, 0.3) is 0 Å². The Morgan fingerprint density at radius 3 is 1.89 bits per heavy atom. The van der Waals surface area contributed by atoms with E-state index >= 15 is 0 Å². The van der Waals surface area contributed by atoms with Crippen molar-refractivity contribution in [1.29, 1.82) is 10.5 Å². The molecule has 3 aromatic rings. The molecular weight excluding hydrogens is 462 g/mol. The van der Waals surface area contributed by atoms with Crippen molar-refractivity contribution >= 4 is 11.8 Å². The normalized spacial score (nSPS) is 13.5. The lowest BCUT2D eigenvalue weighted by Gasteiger charge is -2.47. The van der Waals surface area contributed by atoms with E-state index in [0.717, 1.165) is 11.1 Å². The fourth-order valence-corrected chi connectivity index (χ4v) is 4.82. The van der Waals surface area contributed by atoms with Gasteiger partial charge in [-0.05, 0) is 62.6 Å². The van der Waals surface area contributed by atoms with E-state index in [-0.39, 0.29) is 0 Å². The average Bonchev–Trinajstić information content (AvgIpc) is 2.91. The van der Waals surface area contributed by atoms with E-state index in [0.29, 0.717) is 17.9 Å². The average molecular weight is 496 g/mol. The lowest BCUT2D eigenvalue weighted by Crippen LogP contribution is -2.51. The molecule has 0 aliphatic rings. The van der Waals surface area contributed by atoms with E-state index in [1.165, 1.54) is 0 Å². The molecule has 2 unspecified atom stereocenters. The Morgan fingerprint density at radius 2 is 1.43 bits per heavy atom. The first-order valence-corrected chi connectivity index (χ1v) is 12.3. The van der Waals surface area contributed by atoms with Crippen molar-refractivity contribution < 1.29 is 14.3 Å². The second kappa shape index (κ2) is 11.6. The molecule has 0 aliphatic carbocycles. The Hall–Kier alpha value is -4.29. The van der Waals surface area contributed by atoms with Gasteiger partial charge in [-0.15, -0.1) is 0 Å². The standard InChI is InChI=1S/C31H33N3O3/c1-6-31(25(21-32)22-33,24-15-11-8-12-16-24)28(23-13-9-7-10-14-23)34(29(35)37-30(2,3)4)26-17-19-27(36-5)20-18-26/h7-20,25,28H,6H2,1-5H3. The van der Waals surface area contributed by atoms with E-state index in [4.69, 9.17) is 9.47 Å². The summed E-state index contributed by atoms with van der Waals surface area (Å²) in [5.74, 6) is -0.422. The summed E-state index contributed by atoms with van der Waals surface area (Å²) in [6.45, 7) is 7.39. The molecule has 0 radical (unpaired) electrons. The summed E-state index contributed by atoms with van der Waals surface area (Å²) in [6, 6.07) is 29.9. The number of methoxy groups -OCH3 is 1. The van der Waals surface area contributed by atoms with E-state index in [9.17, 15) is 15.3 Å². The highest BCUT2D eigenvalue weighted by molar-refractivity contribution is 5.89. The van der Waals surface area contributed by atoms with Crippen LogP contribution in [-0.2, 0) is 10.2 Å². The van der Waals surface area contributed by atoms with Crippen LogP contribution in [0, 0.1) is 28.6 Å². The van der Waals surface area contributed by atoms with Gasteiger partial charge in [0.25, 0.3) is 0 Å². The molecule has 190 valence electrons. The van der Waals surface area contributed by atoms with Crippen molar-refractivity contribution in [3.05, 3.63) is 96.1 Å². The quantitative estimate of drug-likeness (QED) is 0.330. The third-order valence-corrected chi connectivity index (χ3v) is 6.47. The molecule has 0 N–H and O–H groups in total. The van der Waals surface area contributed by atoms with Crippen LogP contribution < -0.4 is 9.64 Å². The number of hydrogen-bond acceptors (Lipinski definition) is 5. The first-order valence-electron chi connectivity index (χ1n) is 12.3. The van der Waals surface area contributed by atoms with Gasteiger partial charge in [-0.1, -0.05) is 67.6 Å². The largest absolute Gasteiger partial charge is 0.497 e. The Bertz CT molecular complexity index is 1240. The van der Waals surface area contributed by atoms with Crippen molar-refractivity contribution in [1.82, 2.24) is 0 Å². The van der Waals surface area contributed by atoms with Crippen LogP contribution in [0.15, 0.2) is 84.9 Å². The maximum Gasteiger partial charge on any atom is 0.415 e. The predicted octanol–water partition coefficient (Wildman–Crippen LogP) is 7.19. The van der Waals surface area contributed by atoms with Crippen LogP contribution in [0.5, 0.6) is 5.75 Å². The van der Waals surface area contributed by atoms with Crippen LogP contribution >= 0.6 is 0 Å². The van der Waals surface area contributed by atoms with Gasteiger partial charge in [-0.25, -0.2) is 4.79 Å². The van der Waals surface area contributed by atoms with Gasteiger partial charge in [0, 0.05) is 11.1 Å². The SMILES string of the molecule is CCC(c1ccccc1)(C(C#N)C#N)C(c1ccccc1)N(C(=O)OC(C)(C)C)c1ccc(OC)cc1. The third-order valence-electron chi connectivity index (χ3n) is 6.47. The Labute approximate surface area is 219 Å². The molecule has 6 heteroatoms. The molecule has 0 fully saturated rings. The molecule has 0 aliphatic heterocycles. The highest BCUT2D eigenvalue weighted by Gasteiger charge is 2.52. The zero-order valence-electron chi connectivity index (χ0n) is 22.0. The van der Waals surface area contributed by atoms with Gasteiger partial charge >= 0.3 is 6.09 Å². The first-order chi connectivity index (χ1) is 17.7. The fourth-order valence-electron chi connectivity index (χ4n) is 4.82. The third kappa shape index (κ3) is 5.76. The highest BCUT2D eigenvalue weighted by Crippen LogP contribution is 2.50. The van der Waals surface area contributed by atoms with E-state index in [1.54, 1.807) is 36.3 Å². The zero-order valence-corrected chi connectivity index (χ0v) is 22.0. The number of rotatable bonds is 8. The number of carbonyl (C=O) groups excluding carboxylic acids is 1. The fraction of sp³-hybridized carbons (Fsp3) is 0.323. The molecule has 1 amide bonds. The van der Waals surface area contributed by atoms with Gasteiger partial charge in [0.1, 0.15) is 17.3 Å². The first kappa shape index (κ1) is 27.3. The topological polar surface area (TPSA) is 86.4 Å². The molecular formula is C31H33N3O3. The lowest BCUT2D eigenvalue weighted by atomic mass is 9.62. The summed E-state index contributed by atoms with van der Waals surface area (Å²) in [4.78, 5) is 15.6. The van der Waals surface area contributed by atoms with Crippen LogP contribution in [0.2, 0.25) is 0 Å². The summed E-state index contributed by atoms with van der Waals surface area (Å²) < 4.78 is 11.3. The monoisotopic (exact) mass is 495 g/mol. The van der Waals surface area contributed by atoms with Crippen LogP contribution in [0.3, 0.4) is 0 Å². The summed E-state index contributed by atoms with van der Waals surface area (Å²) in [7, 11) is 1.58. The second-order valence-electron chi connectivity index (χ2n) is 9.81. The lowest BCUT2D eigenvalue weighted by molar-refractivity contribution is 0.0539. The molecule has 0 aromatic heterocycles. The van der Waals surface area contributed by atoms with E-state index in [2.05, 4.69) is 12.1 Å². The number of amides is 1. The van der Waals surface area contributed by atoms with Gasteiger partial charge in [-0.3, -0.25) is 4.90 Å². The minimum atomic E-state index is -1.08. The maximum absolute atomic E-state index is 14.0. The zero-order chi connectivity index (χ0) is 27.1. The number of anilines is 1. The van der Waals surface area contributed by atoms with Gasteiger partial charge in [0.15, 0.2) is 0 Å². The van der Waals surface area contributed by atoms with E-state index < -0.39 is 29.1 Å². The molecule has 3 rings (SSSR count). The van der Waals surface area contributed by atoms with Crippen molar-refractivity contribution in [2.24, 2.45) is 5.92 Å². The number of nitrogens with zero attached hydrogens (tertiary/aromatic N) is 3. The molecule has 0 spiro atoms.